The lowest BCUT2D eigenvalue weighted by Gasteiger charge is -2.29. The van der Waals surface area contributed by atoms with E-state index in [0.29, 0.717) is 5.52 Å². The number of anilines is 1. The smallest absolute Gasteiger partial charge is 0.303 e. The van der Waals surface area contributed by atoms with Crippen molar-refractivity contribution in [3.05, 3.63) is 24.2 Å². The molecule has 1 unspecified atom stereocenters. The summed E-state index contributed by atoms with van der Waals surface area (Å²) in [6.45, 7) is 4.33. The van der Waals surface area contributed by atoms with Crippen LogP contribution in [0.1, 0.15) is 33.4 Å². The number of nitrogens with one attached hydrogen (secondary N) is 1. The van der Waals surface area contributed by atoms with E-state index >= 15 is 0 Å². The number of amides is 1. The van der Waals surface area contributed by atoms with Gasteiger partial charge in [-0.15, -0.1) is 0 Å². The first-order valence-corrected chi connectivity index (χ1v) is 9.51. The van der Waals surface area contributed by atoms with Crippen LogP contribution in [0.2, 0.25) is 0 Å². The molecule has 0 spiro atoms. The Morgan fingerprint density at radius 1 is 1.12 bits per heavy atom. The summed E-state index contributed by atoms with van der Waals surface area (Å²) in [6, 6.07) is 2.93. The Balaban J connectivity index is 2.11. The van der Waals surface area contributed by atoms with E-state index in [1.807, 2.05) is 0 Å². The summed E-state index contributed by atoms with van der Waals surface area (Å²) in [4.78, 5) is 50.3. The van der Waals surface area contributed by atoms with Gasteiger partial charge in [0.05, 0.1) is 0 Å². The van der Waals surface area contributed by atoms with Gasteiger partial charge in [-0.25, -0.2) is 9.50 Å². The van der Waals surface area contributed by atoms with E-state index in [9.17, 15) is 24.3 Å². The fraction of sp³-hybridized carbons (Fsp3) is 0.474. The number of carbonyl (C=O) groups excluding carboxylic acids is 4. The maximum atomic E-state index is 11.8. The van der Waals surface area contributed by atoms with Crippen molar-refractivity contribution in [1.82, 2.24) is 14.6 Å². The molecule has 1 saturated heterocycles. The topological polar surface area (TPSA) is 168 Å². The first kappa shape index (κ1) is 23.1. The maximum absolute atomic E-state index is 11.8. The van der Waals surface area contributed by atoms with Gasteiger partial charge < -0.3 is 29.4 Å². The maximum Gasteiger partial charge on any atom is 0.303 e. The minimum Gasteiger partial charge on any atom is -0.463 e. The van der Waals surface area contributed by atoms with Gasteiger partial charge >= 0.3 is 17.9 Å². The van der Waals surface area contributed by atoms with Crippen molar-refractivity contribution >= 4 is 35.1 Å². The molecule has 4 atom stereocenters. The highest BCUT2D eigenvalue weighted by atomic mass is 16.7. The Hall–Kier alpha value is -3.58. The van der Waals surface area contributed by atoms with Crippen LogP contribution in [0.25, 0.3) is 5.52 Å². The second-order valence-corrected chi connectivity index (χ2v) is 7.06. The molecule has 3 heterocycles. The molecule has 13 heteroatoms. The zero-order chi connectivity index (χ0) is 23.6. The third-order valence-corrected chi connectivity index (χ3v) is 4.54. The van der Waals surface area contributed by atoms with Crippen LogP contribution >= 0.6 is 0 Å². The minimum absolute atomic E-state index is 0.00442. The molecule has 1 aliphatic heterocycles. The lowest BCUT2D eigenvalue weighted by molar-refractivity contribution is -0.249. The summed E-state index contributed by atoms with van der Waals surface area (Å²) in [5.41, 5.74) is 0.305. The molecular formula is C19H22N4O9. The number of aromatic nitrogens is 3. The molecule has 0 aliphatic carbocycles. The summed E-state index contributed by atoms with van der Waals surface area (Å²) in [5.74, 6) is -4.71. The fourth-order valence-corrected chi connectivity index (χ4v) is 3.44. The van der Waals surface area contributed by atoms with Gasteiger partial charge in [0.2, 0.25) is 12.0 Å². The Morgan fingerprint density at radius 2 is 1.81 bits per heavy atom. The summed E-state index contributed by atoms with van der Waals surface area (Å²) in [5, 5.41) is 18.2. The highest BCUT2D eigenvalue weighted by Gasteiger charge is 2.61. The molecule has 32 heavy (non-hydrogen) atoms. The standard InChI is InChI=1S/C19H22N4O9/c1-9(24)22-18-13-5-6-15(23(13)21-8-20-18)19(28)17(31-12(4)27)16(30-11(3)26)14(32-19)7-29-10(2)25/h5-6,8,14,16-17,28H,7H2,1-4H3,(H,20,21,22,24)/t14-,16-,17-,19?/m1/s1. The highest BCUT2D eigenvalue weighted by Crippen LogP contribution is 2.42. The zero-order valence-electron chi connectivity index (χ0n) is 17.7. The first-order chi connectivity index (χ1) is 15.0. The molecule has 2 aromatic rings. The van der Waals surface area contributed by atoms with Crippen LogP contribution in [0.3, 0.4) is 0 Å². The third-order valence-electron chi connectivity index (χ3n) is 4.54. The second kappa shape index (κ2) is 8.88. The van der Waals surface area contributed by atoms with Crippen LogP contribution in [-0.2, 0) is 43.9 Å². The molecular weight excluding hydrogens is 428 g/mol. The molecule has 0 bridgehead atoms. The van der Waals surface area contributed by atoms with Crippen LogP contribution in [0.15, 0.2) is 18.5 Å². The van der Waals surface area contributed by atoms with E-state index in [1.54, 1.807) is 0 Å². The monoisotopic (exact) mass is 450 g/mol. The van der Waals surface area contributed by atoms with Crippen molar-refractivity contribution in [1.29, 1.82) is 0 Å². The van der Waals surface area contributed by atoms with Crippen LogP contribution < -0.4 is 5.32 Å². The molecule has 1 aliphatic rings. The van der Waals surface area contributed by atoms with Gasteiger partial charge in [-0.1, -0.05) is 0 Å². The molecule has 172 valence electrons. The molecule has 2 N–H and O–H groups in total. The van der Waals surface area contributed by atoms with Gasteiger partial charge in [0.15, 0.2) is 11.9 Å². The lowest BCUT2D eigenvalue weighted by Crippen LogP contribution is -2.46. The second-order valence-electron chi connectivity index (χ2n) is 7.06. The van der Waals surface area contributed by atoms with E-state index in [1.165, 1.54) is 30.5 Å². The molecule has 3 rings (SSSR count). The van der Waals surface area contributed by atoms with Gasteiger partial charge in [-0.3, -0.25) is 19.2 Å². The van der Waals surface area contributed by atoms with Crippen molar-refractivity contribution in [2.45, 2.75) is 51.8 Å². The van der Waals surface area contributed by atoms with Crippen LogP contribution in [0.4, 0.5) is 5.82 Å². The Kier molecular flexibility index (Phi) is 6.41. The van der Waals surface area contributed by atoms with E-state index in [4.69, 9.17) is 18.9 Å². The normalized spacial score (nSPS) is 24.7. The van der Waals surface area contributed by atoms with Gasteiger partial charge in [-0.2, -0.15) is 5.10 Å². The van der Waals surface area contributed by atoms with Gasteiger partial charge in [0.1, 0.15) is 30.2 Å². The first-order valence-electron chi connectivity index (χ1n) is 9.51. The van der Waals surface area contributed by atoms with Crippen molar-refractivity contribution in [2.75, 3.05) is 11.9 Å². The van der Waals surface area contributed by atoms with Crippen molar-refractivity contribution < 1.29 is 43.2 Å². The van der Waals surface area contributed by atoms with Crippen molar-refractivity contribution in [3.8, 4) is 0 Å². The molecule has 2 aromatic heterocycles. The largest absolute Gasteiger partial charge is 0.463 e. The predicted octanol–water partition coefficient (Wildman–Crippen LogP) is -0.342. The third kappa shape index (κ3) is 4.53. The average molecular weight is 450 g/mol. The number of fused-ring (bicyclic) bond motifs is 1. The van der Waals surface area contributed by atoms with Gasteiger partial charge in [0, 0.05) is 27.7 Å². The van der Waals surface area contributed by atoms with E-state index in [0.717, 1.165) is 20.2 Å². The lowest BCUT2D eigenvalue weighted by atomic mass is 10.0. The van der Waals surface area contributed by atoms with E-state index in [2.05, 4.69) is 15.4 Å². The Labute approximate surface area is 181 Å². The van der Waals surface area contributed by atoms with E-state index in [-0.39, 0.29) is 24.0 Å². The Bertz CT molecular complexity index is 1070. The number of carbonyl (C=O) groups is 4. The average Bonchev–Trinajstić information content (AvgIpc) is 3.22. The number of nitrogens with zero attached hydrogens (tertiary/aromatic N) is 3. The van der Waals surface area contributed by atoms with Crippen molar-refractivity contribution in [3.63, 3.8) is 0 Å². The zero-order valence-corrected chi connectivity index (χ0v) is 17.7. The number of aliphatic hydroxyl groups is 1. The Morgan fingerprint density at radius 3 is 2.41 bits per heavy atom. The number of rotatable bonds is 6. The molecule has 0 radical (unpaired) electrons. The number of hydrogen-bond donors (Lipinski definition) is 2. The molecule has 1 fully saturated rings. The summed E-state index contributed by atoms with van der Waals surface area (Å²) in [7, 11) is 0. The van der Waals surface area contributed by atoms with Gasteiger partial charge in [0.25, 0.3) is 5.79 Å². The molecule has 0 aromatic carbocycles. The summed E-state index contributed by atoms with van der Waals surface area (Å²) >= 11 is 0. The van der Waals surface area contributed by atoms with E-state index < -0.39 is 42.0 Å². The number of ether oxygens (including phenoxy) is 4. The SMILES string of the molecule is CC(=O)Nc1ncnn2c(C3(O)O[C@H](COC(C)=O)[C@@H](OC(C)=O)[C@H]3OC(C)=O)ccc12. The van der Waals surface area contributed by atoms with Crippen molar-refractivity contribution in [2.24, 2.45) is 0 Å². The number of hydrogen-bond acceptors (Lipinski definition) is 11. The number of esters is 3. The highest BCUT2D eigenvalue weighted by molar-refractivity contribution is 5.91. The summed E-state index contributed by atoms with van der Waals surface area (Å²) in [6.07, 6.45) is -2.86. The summed E-state index contributed by atoms with van der Waals surface area (Å²) < 4.78 is 22.5. The minimum atomic E-state index is -2.36. The van der Waals surface area contributed by atoms with Gasteiger partial charge in [-0.05, 0) is 12.1 Å². The molecule has 13 nitrogen and oxygen atoms in total. The van der Waals surface area contributed by atoms with Crippen LogP contribution in [0.5, 0.6) is 0 Å². The predicted molar refractivity (Wildman–Crippen MR) is 104 cm³/mol. The molecule has 0 saturated carbocycles. The fourth-order valence-electron chi connectivity index (χ4n) is 3.44. The molecule has 1 amide bonds. The van der Waals surface area contributed by atoms with Crippen LogP contribution in [0, 0.1) is 0 Å². The quantitative estimate of drug-likeness (QED) is 0.436. The van der Waals surface area contributed by atoms with Crippen LogP contribution in [-0.4, -0.2) is 68.4 Å².